The van der Waals surface area contributed by atoms with E-state index in [1.54, 1.807) is 11.8 Å². The quantitative estimate of drug-likeness (QED) is 0.115. The van der Waals surface area contributed by atoms with Crippen molar-refractivity contribution in [2.45, 2.75) is 101 Å². The second-order valence-electron chi connectivity index (χ2n) is 12.3. The topological polar surface area (TPSA) is 64.6 Å². The van der Waals surface area contributed by atoms with Gasteiger partial charge in [-0.05, 0) is 82.9 Å². The smallest absolute Gasteiger partial charge is 0.311 e. The number of benzene rings is 2. The molecule has 0 unspecified atom stereocenters. The van der Waals surface area contributed by atoms with Crippen molar-refractivity contribution in [3.63, 3.8) is 0 Å². The van der Waals surface area contributed by atoms with E-state index in [0.717, 1.165) is 16.9 Å². The van der Waals surface area contributed by atoms with E-state index in [9.17, 15) is 9.00 Å². The third-order valence-corrected chi connectivity index (χ3v) is 13.7. The first-order valence-corrected chi connectivity index (χ1v) is 18.4. The molecular formula is C30H47NO4S2Si. The Balaban J connectivity index is 2.27. The van der Waals surface area contributed by atoms with Crippen LogP contribution >= 0.6 is 11.8 Å². The lowest BCUT2D eigenvalue weighted by Gasteiger charge is -2.36. The number of carbonyl (C=O) groups excluding carboxylic acids is 1. The Bertz CT molecular complexity index is 1030. The Kier molecular flexibility index (Phi) is 12.3. The molecule has 0 bridgehead atoms. The highest BCUT2D eigenvalue weighted by Gasteiger charge is 2.37. The Morgan fingerprint density at radius 1 is 1.00 bits per heavy atom. The van der Waals surface area contributed by atoms with Crippen LogP contribution in [0.25, 0.3) is 0 Å². The Morgan fingerprint density at radius 2 is 1.61 bits per heavy atom. The first kappa shape index (κ1) is 32.8. The van der Waals surface area contributed by atoms with Gasteiger partial charge in [0.25, 0.3) is 0 Å². The molecule has 1 N–H and O–H groups in total. The van der Waals surface area contributed by atoms with Crippen molar-refractivity contribution in [2.24, 2.45) is 5.92 Å². The van der Waals surface area contributed by atoms with Crippen LogP contribution in [0.3, 0.4) is 0 Å². The number of esters is 1. The average molecular weight is 578 g/mol. The standard InChI is InChI=1S/C30H47NO4S2Si/c1-23-17-19-25(20-18-23)37(33)31-27(16-13-21-34-38(8,9)30(5,6)7)26(28(32)35-29(2,3)4)22-36-24-14-11-10-12-15-24/h10-12,14-15,17-20,26-27,31H,13,16,21-22H2,1-9H3/t26-,27+,37+/m1/s1. The van der Waals surface area contributed by atoms with E-state index < -0.39 is 30.8 Å². The van der Waals surface area contributed by atoms with Gasteiger partial charge in [0.15, 0.2) is 8.32 Å². The van der Waals surface area contributed by atoms with Crippen molar-refractivity contribution in [3.05, 3.63) is 60.2 Å². The summed E-state index contributed by atoms with van der Waals surface area (Å²) in [6.45, 7) is 19.4. The van der Waals surface area contributed by atoms with Crippen LogP contribution in [0.1, 0.15) is 59.9 Å². The summed E-state index contributed by atoms with van der Waals surface area (Å²) >= 11 is 1.62. The molecule has 8 heteroatoms. The zero-order valence-electron chi connectivity index (χ0n) is 24.6. The van der Waals surface area contributed by atoms with Crippen molar-refractivity contribution in [1.82, 2.24) is 4.72 Å². The van der Waals surface area contributed by atoms with Gasteiger partial charge in [-0.2, -0.15) is 0 Å². The molecule has 212 valence electrons. The highest BCUT2D eigenvalue weighted by Crippen LogP contribution is 2.36. The van der Waals surface area contributed by atoms with Gasteiger partial charge in [-0.25, -0.2) is 8.93 Å². The predicted molar refractivity (Wildman–Crippen MR) is 163 cm³/mol. The molecule has 5 nitrogen and oxygen atoms in total. The molecule has 3 atom stereocenters. The van der Waals surface area contributed by atoms with E-state index in [1.165, 1.54) is 0 Å². The minimum absolute atomic E-state index is 0.128. The minimum atomic E-state index is -1.88. The molecule has 0 radical (unpaired) electrons. The van der Waals surface area contributed by atoms with Crippen LogP contribution in [0.2, 0.25) is 18.1 Å². The van der Waals surface area contributed by atoms with Crippen molar-refractivity contribution in [2.75, 3.05) is 12.4 Å². The average Bonchev–Trinajstić information content (AvgIpc) is 2.80. The van der Waals surface area contributed by atoms with Crippen LogP contribution in [0.15, 0.2) is 64.4 Å². The third kappa shape index (κ3) is 11.0. The zero-order valence-corrected chi connectivity index (χ0v) is 27.3. The highest BCUT2D eigenvalue weighted by atomic mass is 32.2. The van der Waals surface area contributed by atoms with Crippen LogP contribution in [-0.4, -0.2) is 42.5 Å². The molecule has 2 rings (SSSR count). The maximum absolute atomic E-state index is 13.5. The van der Waals surface area contributed by atoms with Gasteiger partial charge in [0.2, 0.25) is 0 Å². The molecule has 0 aliphatic rings. The van der Waals surface area contributed by atoms with Gasteiger partial charge in [-0.1, -0.05) is 56.7 Å². The molecule has 0 aliphatic carbocycles. The van der Waals surface area contributed by atoms with Crippen LogP contribution < -0.4 is 4.72 Å². The maximum atomic E-state index is 13.5. The molecular weight excluding hydrogens is 531 g/mol. The molecule has 2 aromatic rings. The number of rotatable bonds is 13. The number of hydrogen-bond acceptors (Lipinski definition) is 5. The lowest BCUT2D eigenvalue weighted by Crippen LogP contribution is -2.45. The molecule has 0 fully saturated rings. The summed E-state index contributed by atoms with van der Waals surface area (Å²) in [5.74, 6) is -0.239. The summed E-state index contributed by atoms with van der Waals surface area (Å²) in [7, 11) is -3.35. The summed E-state index contributed by atoms with van der Waals surface area (Å²) < 4.78 is 29.0. The lowest BCUT2D eigenvalue weighted by molar-refractivity contribution is -0.160. The Hall–Kier alpha value is -1.45. The summed E-state index contributed by atoms with van der Waals surface area (Å²) in [5.41, 5.74) is 0.495. The van der Waals surface area contributed by atoms with Gasteiger partial charge in [0.1, 0.15) is 16.6 Å². The number of carbonyl (C=O) groups is 1. The molecule has 2 aromatic carbocycles. The van der Waals surface area contributed by atoms with Crippen LogP contribution in [0.4, 0.5) is 0 Å². The number of ether oxygens (including phenoxy) is 1. The molecule has 0 spiro atoms. The normalized spacial score (nSPS) is 15.1. The van der Waals surface area contributed by atoms with Gasteiger partial charge in [0, 0.05) is 23.3 Å². The maximum Gasteiger partial charge on any atom is 0.311 e. The molecule has 0 heterocycles. The van der Waals surface area contributed by atoms with E-state index in [-0.39, 0.29) is 17.0 Å². The number of nitrogens with one attached hydrogen (secondary N) is 1. The molecule has 0 saturated heterocycles. The number of hydrogen-bond donors (Lipinski definition) is 1. The predicted octanol–water partition coefficient (Wildman–Crippen LogP) is 7.53. The first-order valence-electron chi connectivity index (χ1n) is 13.4. The van der Waals surface area contributed by atoms with E-state index in [0.29, 0.717) is 23.7 Å². The van der Waals surface area contributed by atoms with Gasteiger partial charge >= 0.3 is 5.97 Å². The molecule has 0 saturated carbocycles. The highest BCUT2D eigenvalue weighted by molar-refractivity contribution is 7.99. The minimum Gasteiger partial charge on any atom is -0.460 e. The summed E-state index contributed by atoms with van der Waals surface area (Å²) in [4.78, 5) is 15.3. The first-order chi connectivity index (χ1) is 17.6. The van der Waals surface area contributed by atoms with Crippen molar-refractivity contribution >= 4 is 37.0 Å². The van der Waals surface area contributed by atoms with Crippen LogP contribution in [0.5, 0.6) is 0 Å². The number of thioether (sulfide) groups is 1. The summed E-state index contributed by atoms with van der Waals surface area (Å²) in [5, 5.41) is 0.128. The number of aryl methyl sites for hydroxylation is 1. The van der Waals surface area contributed by atoms with Crippen LogP contribution in [0, 0.1) is 12.8 Å². The van der Waals surface area contributed by atoms with E-state index in [2.05, 4.69) is 38.6 Å². The van der Waals surface area contributed by atoms with Gasteiger partial charge < -0.3 is 9.16 Å². The summed E-state index contributed by atoms with van der Waals surface area (Å²) in [6, 6.07) is 17.3. The Morgan fingerprint density at radius 3 is 2.16 bits per heavy atom. The zero-order chi connectivity index (χ0) is 28.6. The molecule has 0 aromatic heterocycles. The third-order valence-electron chi connectivity index (χ3n) is 6.79. The van der Waals surface area contributed by atoms with Gasteiger partial charge in [-0.15, -0.1) is 11.8 Å². The van der Waals surface area contributed by atoms with Crippen molar-refractivity contribution < 1.29 is 18.2 Å². The fourth-order valence-corrected chi connectivity index (χ4v) is 6.74. The van der Waals surface area contributed by atoms with Crippen molar-refractivity contribution in [1.29, 1.82) is 0 Å². The molecule has 0 aliphatic heterocycles. The fraction of sp³-hybridized carbons (Fsp3) is 0.567. The largest absolute Gasteiger partial charge is 0.460 e. The van der Waals surface area contributed by atoms with E-state index in [4.69, 9.17) is 9.16 Å². The van der Waals surface area contributed by atoms with E-state index >= 15 is 0 Å². The second-order valence-corrected chi connectivity index (χ2v) is 19.5. The summed E-state index contributed by atoms with van der Waals surface area (Å²) in [6.07, 6.45) is 1.40. The van der Waals surface area contributed by atoms with Crippen LogP contribution in [-0.2, 0) is 24.9 Å². The monoisotopic (exact) mass is 577 g/mol. The fourth-order valence-electron chi connectivity index (χ4n) is 3.49. The van der Waals surface area contributed by atoms with Crippen molar-refractivity contribution in [3.8, 4) is 0 Å². The SMILES string of the molecule is Cc1ccc([S@](=O)N[C@@H](CCCO[Si](C)(C)C(C)(C)C)[C@@H](CSc2ccccc2)C(=O)OC(C)(C)C)cc1. The molecule has 0 amide bonds. The lowest BCUT2D eigenvalue weighted by atomic mass is 9.98. The second kappa shape index (κ2) is 14.3. The van der Waals surface area contributed by atoms with Gasteiger partial charge in [0.05, 0.1) is 10.8 Å². The van der Waals surface area contributed by atoms with Gasteiger partial charge in [-0.3, -0.25) is 4.79 Å². The molecule has 38 heavy (non-hydrogen) atoms. The van der Waals surface area contributed by atoms with E-state index in [1.807, 2.05) is 82.3 Å². The Labute approximate surface area is 238 Å².